The first-order valence-electron chi connectivity index (χ1n) is 7.54. The third-order valence-electron chi connectivity index (χ3n) is 3.68. The highest BCUT2D eigenvalue weighted by Gasteiger charge is 2.13. The molecule has 1 heterocycles. The van der Waals surface area contributed by atoms with Crippen LogP contribution in [0.4, 0.5) is 11.4 Å². The summed E-state index contributed by atoms with van der Waals surface area (Å²) in [7, 11) is 0. The van der Waals surface area contributed by atoms with Crippen molar-refractivity contribution in [1.29, 1.82) is 0 Å². The van der Waals surface area contributed by atoms with Crippen molar-refractivity contribution in [2.75, 3.05) is 24.1 Å². The number of thiazole rings is 1. The van der Waals surface area contributed by atoms with Crippen LogP contribution in [0.2, 0.25) is 0 Å². The smallest absolute Gasteiger partial charge is 0.0907 e. The molecule has 1 aromatic carbocycles. The van der Waals surface area contributed by atoms with Crippen LogP contribution in [0.5, 0.6) is 0 Å². The van der Waals surface area contributed by atoms with E-state index in [1.807, 2.05) is 13.0 Å². The lowest BCUT2D eigenvalue weighted by Gasteiger charge is -2.30. The van der Waals surface area contributed by atoms with Gasteiger partial charge in [-0.2, -0.15) is 0 Å². The lowest BCUT2D eigenvalue weighted by molar-refractivity contribution is 0.182. The molecule has 0 bridgehead atoms. The molecule has 0 aliphatic heterocycles. The molecule has 5 heteroatoms. The Morgan fingerprint density at radius 1 is 1.24 bits per heavy atom. The van der Waals surface area contributed by atoms with Gasteiger partial charge in [0.2, 0.25) is 0 Å². The average Bonchev–Trinajstić information content (AvgIpc) is 2.72. The van der Waals surface area contributed by atoms with Gasteiger partial charge in [0.15, 0.2) is 0 Å². The van der Waals surface area contributed by atoms with Crippen molar-refractivity contribution in [3.8, 4) is 0 Å². The van der Waals surface area contributed by atoms with E-state index in [0.29, 0.717) is 12.1 Å². The van der Waals surface area contributed by atoms with Gasteiger partial charge in [-0.25, -0.2) is 4.98 Å². The van der Waals surface area contributed by atoms with E-state index in [9.17, 15) is 0 Å². The zero-order valence-corrected chi connectivity index (χ0v) is 14.4. The first-order valence-corrected chi connectivity index (χ1v) is 8.36. The summed E-state index contributed by atoms with van der Waals surface area (Å²) in [6.07, 6.45) is 0. The molecule has 0 atom stereocenters. The molecule has 0 saturated heterocycles. The summed E-state index contributed by atoms with van der Waals surface area (Å²) in [4.78, 5) is 6.99. The Balaban J connectivity index is 2.04. The van der Waals surface area contributed by atoms with Crippen molar-refractivity contribution in [2.45, 2.75) is 46.7 Å². The number of anilines is 2. The first kappa shape index (κ1) is 16.0. The monoisotopic (exact) mass is 306 g/mol. The molecule has 2 aromatic rings. The van der Waals surface area contributed by atoms with Crippen molar-refractivity contribution >= 4 is 32.9 Å². The number of aryl methyl sites for hydroxylation is 1. The molecule has 0 spiro atoms. The minimum Gasteiger partial charge on any atom is -0.397 e. The van der Waals surface area contributed by atoms with Crippen LogP contribution in [-0.4, -0.2) is 35.1 Å². The van der Waals surface area contributed by atoms with Gasteiger partial charge in [-0.1, -0.05) is 0 Å². The molecule has 2 rings (SSSR count). The highest BCUT2D eigenvalue weighted by Crippen LogP contribution is 2.29. The summed E-state index contributed by atoms with van der Waals surface area (Å²) in [5.41, 5.74) is 8.95. The van der Waals surface area contributed by atoms with Crippen LogP contribution < -0.4 is 11.1 Å². The quantitative estimate of drug-likeness (QED) is 0.799. The minimum absolute atomic E-state index is 0.549. The number of nitrogens with one attached hydrogen (secondary N) is 1. The Morgan fingerprint density at radius 2 is 1.90 bits per heavy atom. The van der Waals surface area contributed by atoms with Crippen molar-refractivity contribution in [1.82, 2.24) is 9.88 Å². The summed E-state index contributed by atoms with van der Waals surface area (Å²) < 4.78 is 1.15. The second-order valence-corrected chi connectivity index (χ2v) is 7.23. The normalized spacial score (nSPS) is 12.0. The maximum Gasteiger partial charge on any atom is 0.0907 e. The topological polar surface area (TPSA) is 54.2 Å². The van der Waals surface area contributed by atoms with Gasteiger partial charge in [0.25, 0.3) is 0 Å². The van der Waals surface area contributed by atoms with E-state index in [1.165, 1.54) is 0 Å². The number of nitrogens with two attached hydrogens (primary N) is 1. The molecular weight excluding hydrogens is 280 g/mol. The number of hydrogen-bond donors (Lipinski definition) is 2. The summed E-state index contributed by atoms with van der Waals surface area (Å²) in [5.74, 6) is 0. The number of nitrogens with zero attached hydrogens (tertiary/aromatic N) is 2. The molecule has 21 heavy (non-hydrogen) atoms. The van der Waals surface area contributed by atoms with Crippen LogP contribution in [0.1, 0.15) is 32.7 Å². The zero-order chi connectivity index (χ0) is 15.6. The van der Waals surface area contributed by atoms with Crippen LogP contribution in [0.15, 0.2) is 12.1 Å². The lowest BCUT2D eigenvalue weighted by atomic mass is 10.2. The highest BCUT2D eigenvalue weighted by atomic mass is 32.1. The van der Waals surface area contributed by atoms with Crippen LogP contribution in [0.3, 0.4) is 0 Å². The molecule has 0 aliphatic rings. The SMILES string of the molecule is Cc1nc2cc(NCCN(C(C)C)C(C)C)c(N)cc2s1. The van der Waals surface area contributed by atoms with E-state index in [2.05, 4.69) is 49.0 Å². The van der Waals surface area contributed by atoms with E-state index in [0.717, 1.165) is 39.7 Å². The molecule has 0 radical (unpaired) electrons. The van der Waals surface area contributed by atoms with Crippen molar-refractivity contribution in [3.05, 3.63) is 17.1 Å². The van der Waals surface area contributed by atoms with Gasteiger partial charge in [0.05, 0.1) is 26.6 Å². The average molecular weight is 306 g/mol. The summed E-state index contributed by atoms with van der Waals surface area (Å²) >= 11 is 1.68. The molecule has 1 aromatic heterocycles. The van der Waals surface area contributed by atoms with Gasteiger partial charge in [0, 0.05) is 25.2 Å². The molecule has 3 N–H and O–H groups in total. The van der Waals surface area contributed by atoms with Crippen LogP contribution in [-0.2, 0) is 0 Å². The van der Waals surface area contributed by atoms with E-state index >= 15 is 0 Å². The van der Waals surface area contributed by atoms with Crippen LogP contribution in [0.25, 0.3) is 10.2 Å². The van der Waals surface area contributed by atoms with E-state index in [1.54, 1.807) is 11.3 Å². The van der Waals surface area contributed by atoms with E-state index in [-0.39, 0.29) is 0 Å². The van der Waals surface area contributed by atoms with Crippen molar-refractivity contribution in [3.63, 3.8) is 0 Å². The Hall–Kier alpha value is -1.33. The van der Waals surface area contributed by atoms with Gasteiger partial charge in [-0.3, -0.25) is 4.90 Å². The Kier molecular flexibility index (Phi) is 5.06. The highest BCUT2D eigenvalue weighted by molar-refractivity contribution is 7.18. The molecule has 0 fully saturated rings. The maximum absolute atomic E-state index is 6.14. The largest absolute Gasteiger partial charge is 0.397 e. The Labute approximate surface area is 131 Å². The third kappa shape index (κ3) is 3.86. The summed E-state index contributed by atoms with van der Waals surface area (Å²) in [6.45, 7) is 12.9. The van der Waals surface area contributed by atoms with Crippen molar-refractivity contribution < 1.29 is 0 Å². The molecule has 4 nitrogen and oxygen atoms in total. The fourth-order valence-corrected chi connectivity index (χ4v) is 3.55. The second kappa shape index (κ2) is 6.62. The molecule has 0 aliphatic carbocycles. The second-order valence-electron chi connectivity index (χ2n) is 5.99. The third-order valence-corrected chi connectivity index (χ3v) is 4.61. The molecule has 0 unspecified atom stereocenters. The summed E-state index contributed by atoms with van der Waals surface area (Å²) in [5, 5.41) is 4.53. The number of hydrogen-bond acceptors (Lipinski definition) is 5. The van der Waals surface area contributed by atoms with Gasteiger partial charge in [-0.05, 0) is 46.8 Å². The number of nitrogen functional groups attached to an aromatic ring is 1. The van der Waals surface area contributed by atoms with E-state index < -0.39 is 0 Å². The number of rotatable bonds is 6. The Morgan fingerprint density at radius 3 is 2.52 bits per heavy atom. The van der Waals surface area contributed by atoms with Crippen LogP contribution in [0, 0.1) is 6.92 Å². The lowest BCUT2D eigenvalue weighted by Crippen LogP contribution is -2.40. The predicted octanol–water partition coefficient (Wildman–Crippen LogP) is 3.72. The zero-order valence-electron chi connectivity index (χ0n) is 13.6. The predicted molar refractivity (Wildman–Crippen MR) is 94.2 cm³/mol. The van der Waals surface area contributed by atoms with Crippen LogP contribution >= 0.6 is 11.3 Å². The summed E-state index contributed by atoms with van der Waals surface area (Å²) in [6, 6.07) is 5.18. The van der Waals surface area contributed by atoms with Crippen molar-refractivity contribution in [2.24, 2.45) is 0 Å². The van der Waals surface area contributed by atoms with Gasteiger partial charge >= 0.3 is 0 Å². The first-order chi connectivity index (χ1) is 9.88. The molecular formula is C16H26N4S. The fraction of sp³-hybridized carbons (Fsp3) is 0.562. The Bertz CT molecular complexity index is 596. The van der Waals surface area contributed by atoms with Gasteiger partial charge in [-0.15, -0.1) is 11.3 Å². The molecule has 0 saturated carbocycles. The standard InChI is InChI=1S/C16H26N4S/c1-10(2)20(11(3)4)7-6-18-14-9-15-16(8-13(14)17)21-12(5)19-15/h8-11,18H,6-7,17H2,1-5H3. The fourth-order valence-electron chi connectivity index (χ4n) is 2.69. The number of fused-ring (bicyclic) bond motifs is 1. The molecule has 116 valence electrons. The minimum atomic E-state index is 0.549. The van der Waals surface area contributed by atoms with Gasteiger partial charge < -0.3 is 11.1 Å². The molecule has 0 amide bonds. The maximum atomic E-state index is 6.14. The van der Waals surface area contributed by atoms with Gasteiger partial charge in [0.1, 0.15) is 0 Å². The number of benzene rings is 1. The van der Waals surface area contributed by atoms with E-state index in [4.69, 9.17) is 5.73 Å². The number of aromatic nitrogens is 1.